The first-order chi connectivity index (χ1) is 14.7. The number of amides is 1. The Hall–Kier alpha value is -3.20. The highest BCUT2D eigenvalue weighted by molar-refractivity contribution is 7.92. The summed E-state index contributed by atoms with van der Waals surface area (Å²) in [5.41, 5.74) is 2.41. The average molecular weight is 443 g/mol. The van der Waals surface area contributed by atoms with Crippen LogP contribution < -0.4 is 4.31 Å². The lowest BCUT2D eigenvalue weighted by molar-refractivity contribution is -0.130. The number of carbonyl (C=O) groups excluding carboxylic acids is 1. The minimum Gasteiger partial charge on any atom is -0.337 e. The van der Waals surface area contributed by atoms with E-state index in [-0.39, 0.29) is 25.4 Å². The topological polar surface area (TPSA) is 96.6 Å². The lowest BCUT2D eigenvalue weighted by Crippen LogP contribution is -2.32. The van der Waals surface area contributed by atoms with Crippen LogP contribution in [0.25, 0.3) is 11.4 Å². The zero-order valence-electron chi connectivity index (χ0n) is 17.9. The Morgan fingerprint density at radius 1 is 1.10 bits per heavy atom. The van der Waals surface area contributed by atoms with Gasteiger partial charge in [0.05, 0.1) is 18.5 Å². The van der Waals surface area contributed by atoms with Crippen molar-refractivity contribution in [1.82, 2.24) is 15.0 Å². The summed E-state index contributed by atoms with van der Waals surface area (Å²) >= 11 is 0. The number of hydrogen-bond donors (Lipinski definition) is 0. The van der Waals surface area contributed by atoms with Gasteiger partial charge in [-0.2, -0.15) is 4.98 Å². The van der Waals surface area contributed by atoms with Crippen LogP contribution in [-0.2, 0) is 21.4 Å². The fraction of sp³-hybridized carbons (Fsp3) is 0.318. The van der Waals surface area contributed by atoms with Crippen LogP contribution in [0.4, 0.5) is 5.69 Å². The Balaban J connectivity index is 1.55. The van der Waals surface area contributed by atoms with Crippen molar-refractivity contribution in [3.8, 4) is 11.4 Å². The Labute approximate surface area is 182 Å². The molecule has 3 aromatic rings. The van der Waals surface area contributed by atoms with Gasteiger partial charge in [-0.1, -0.05) is 47.6 Å². The summed E-state index contributed by atoms with van der Waals surface area (Å²) in [5, 5.41) is 3.95. The number of anilines is 1. The lowest BCUT2D eigenvalue weighted by Gasteiger charge is -2.23. The Morgan fingerprint density at radius 3 is 2.52 bits per heavy atom. The molecule has 2 aromatic carbocycles. The molecule has 0 aliphatic heterocycles. The van der Waals surface area contributed by atoms with E-state index in [1.807, 2.05) is 55.5 Å². The highest BCUT2D eigenvalue weighted by Crippen LogP contribution is 2.20. The second kappa shape index (κ2) is 9.74. The van der Waals surface area contributed by atoms with Crippen molar-refractivity contribution >= 4 is 21.6 Å². The maximum Gasteiger partial charge on any atom is 0.246 e. The largest absolute Gasteiger partial charge is 0.337 e. The molecule has 1 aromatic heterocycles. The van der Waals surface area contributed by atoms with Gasteiger partial charge in [0.15, 0.2) is 0 Å². The maximum atomic E-state index is 12.5. The molecular weight excluding hydrogens is 416 g/mol. The second-order valence-corrected chi connectivity index (χ2v) is 9.31. The minimum absolute atomic E-state index is 0.128. The smallest absolute Gasteiger partial charge is 0.246 e. The number of carbonyl (C=O) groups is 1. The van der Waals surface area contributed by atoms with E-state index >= 15 is 0 Å². The molecule has 31 heavy (non-hydrogen) atoms. The van der Waals surface area contributed by atoms with Crippen LogP contribution in [0.3, 0.4) is 0 Å². The van der Waals surface area contributed by atoms with Crippen molar-refractivity contribution in [2.75, 3.05) is 24.2 Å². The summed E-state index contributed by atoms with van der Waals surface area (Å²) in [6.07, 6.45) is 1.76. The lowest BCUT2D eigenvalue weighted by atomic mass is 10.2. The molecule has 0 saturated carbocycles. The van der Waals surface area contributed by atoms with Gasteiger partial charge < -0.3 is 9.42 Å². The van der Waals surface area contributed by atoms with Crippen LogP contribution in [0, 0.1) is 6.92 Å². The van der Waals surface area contributed by atoms with Gasteiger partial charge in [0, 0.05) is 25.6 Å². The predicted molar refractivity (Wildman–Crippen MR) is 119 cm³/mol. The normalized spacial score (nSPS) is 11.3. The standard InChI is InChI=1S/C22H26N4O4S/c1-17-9-7-12-19(15-17)26(31(3,28)29)14-8-13-21(27)25(2)16-20-23-22(24-30-20)18-10-5-4-6-11-18/h4-7,9-12,15H,8,13-14,16H2,1-3H3. The van der Waals surface area contributed by atoms with Crippen molar-refractivity contribution in [3.05, 3.63) is 66.1 Å². The summed E-state index contributed by atoms with van der Waals surface area (Å²) in [7, 11) is -1.79. The van der Waals surface area contributed by atoms with Gasteiger partial charge in [0.2, 0.25) is 27.6 Å². The number of aryl methyl sites for hydroxylation is 1. The molecule has 1 heterocycles. The fourth-order valence-corrected chi connectivity index (χ4v) is 4.11. The number of aromatic nitrogens is 2. The van der Waals surface area contributed by atoms with Crippen LogP contribution in [0.5, 0.6) is 0 Å². The second-order valence-electron chi connectivity index (χ2n) is 7.41. The molecule has 8 nitrogen and oxygen atoms in total. The van der Waals surface area contributed by atoms with E-state index in [9.17, 15) is 13.2 Å². The first kappa shape index (κ1) is 22.5. The van der Waals surface area contributed by atoms with Crippen LogP contribution in [0.15, 0.2) is 59.1 Å². The van der Waals surface area contributed by atoms with Gasteiger partial charge >= 0.3 is 0 Å². The van der Waals surface area contributed by atoms with Gasteiger partial charge in [0.25, 0.3) is 0 Å². The molecule has 0 unspecified atom stereocenters. The number of sulfonamides is 1. The molecule has 164 valence electrons. The highest BCUT2D eigenvalue weighted by Gasteiger charge is 2.19. The van der Waals surface area contributed by atoms with Gasteiger partial charge in [-0.05, 0) is 31.0 Å². The molecule has 0 atom stereocenters. The quantitative estimate of drug-likeness (QED) is 0.505. The van der Waals surface area contributed by atoms with E-state index in [4.69, 9.17) is 4.52 Å². The monoisotopic (exact) mass is 442 g/mol. The van der Waals surface area contributed by atoms with E-state index in [1.54, 1.807) is 13.1 Å². The summed E-state index contributed by atoms with van der Waals surface area (Å²) in [6, 6.07) is 16.7. The minimum atomic E-state index is -3.45. The SMILES string of the molecule is Cc1cccc(N(CCCC(=O)N(C)Cc2nc(-c3ccccc3)no2)S(C)(=O)=O)c1. The molecule has 0 saturated heterocycles. The van der Waals surface area contributed by atoms with Gasteiger partial charge in [0.1, 0.15) is 0 Å². The van der Waals surface area contributed by atoms with E-state index < -0.39 is 10.0 Å². The van der Waals surface area contributed by atoms with Crippen molar-refractivity contribution in [2.45, 2.75) is 26.3 Å². The molecular formula is C22H26N4O4S. The van der Waals surface area contributed by atoms with E-state index in [0.29, 0.717) is 23.8 Å². The molecule has 0 fully saturated rings. The molecule has 1 amide bonds. The van der Waals surface area contributed by atoms with Crippen LogP contribution in [0.1, 0.15) is 24.3 Å². The third-order valence-corrected chi connectivity index (χ3v) is 5.93. The van der Waals surface area contributed by atoms with Crippen LogP contribution >= 0.6 is 0 Å². The van der Waals surface area contributed by atoms with E-state index in [2.05, 4.69) is 10.1 Å². The number of rotatable bonds is 9. The van der Waals surface area contributed by atoms with Gasteiger partial charge in [-0.3, -0.25) is 9.10 Å². The average Bonchev–Trinajstić information content (AvgIpc) is 3.19. The van der Waals surface area contributed by atoms with Gasteiger partial charge in [-0.25, -0.2) is 8.42 Å². The molecule has 0 N–H and O–H groups in total. The van der Waals surface area contributed by atoms with Crippen LogP contribution in [0.2, 0.25) is 0 Å². The third-order valence-electron chi connectivity index (χ3n) is 4.74. The summed E-state index contributed by atoms with van der Waals surface area (Å²) in [5.74, 6) is 0.683. The number of nitrogens with zero attached hydrogens (tertiary/aromatic N) is 4. The summed E-state index contributed by atoms with van der Waals surface area (Å²) in [6.45, 7) is 2.32. The number of hydrogen-bond acceptors (Lipinski definition) is 6. The maximum absolute atomic E-state index is 12.5. The molecule has 0 spiro atoms. The van der Waals surface area contributed by atoms with Crippen molar-refractivity contribution in [3.63, 3.8) is 0 Å². The zero-order chi connectivity index (χ0) is 22.4. The molecule has 0 radical (unpaired) electrons. The zero-order valence-corrected chi connectivity index (χ0v) is 18.7. The fourth-order valence-electron chi connectivity index (χ4n) is 3.15. The Kier molecular flexibility index (Phi) is 7.06. The molecule has 0 bridgehead atoms. The first-order valence-corrected chi connectivity index (χ1v) is 11.8. The van der Waals surface area contributed by atoms with E-state index in [0.717, 1.165) is 11.1 Å². The highest BCUT2D eigenvalue weighted by atomic mass is 32.2. The first-order valence-electron chi connectivity index (χ1n) is 9.90. The molecule has 0 aliphatic carbocycles. The molecule has 0 aliphatic rings. The van der Waals surface area contributed by atoms with E-state index in [1.165, 1.54) is 15.5 Å². The van der Waals surface area contributed by atoms with Crippen molar-refractivity contribution in [2.24, 2.45) is 0 Å². The summed E-state index contributed by atoms with van der Waals surface area (Å²) in [4.78, 5) is 18.3. The number of benzene rings is 2. The van der Waals surface area contributed by atoms with Gasteiger partial charge in [-0.15, -0.1) is 0 Å². The molecule has 3 rings (SSSR count). The third kappa shape index (κ3) is 6.14. The Morgan fingerprint density at radius 2 is 1.84 bits per heavy atom. The predicted octanol–water partition coefficient (Wildman–Crippen LogP) is 3.25. The van der Waals surface area contributed by atoms with Crippen LogP contribution in [-0.4, -0.2) is 49.2 Å². The van der Waals surface area contributed by atoms with Crippen molar-refractivity contribution < 1.29 is 17.7 Å². The van der Waals surface area contributed by atoms with Crippen molar-refractivity contribution in [1.29, 1.82) is 0 Å². The summed E-state index contributed by atoms with van der Waals surface area (Å²) < 4.78 is 31.0. The molecule has 9 heteroatoms. The Bertz CT molecular complexity index is 1130.